The zero-order valence-corrected chi connectivity index (χ0v) is 16.6. The molecular formula is C19H34O6. The lowest BCUT2D eigenvalue weighted by Crippen LogP contribution is -2.02. The summed E-state index contributed by atoms with van der Waals surface area (Å²) in [7, 11) is 0. The molecule has 0 aliphatic carbocycles. The van der Waals surface area contributed by atoms with Gasteiger partial charge in [-0.25, -0.2) is 14.4 Å². The average Bonchev–Trinajstić information content (AvgIpc) is 2.38. The largest absolute Gasteiger partial charge is 0.478 e. The van der Waals surface area contributed by atoms with E-state index < -0.39 is 17.9 Å². The third kappa shape index (κ3) is 44.9. The molecular weight excluding hydrogens is 324 g/mol. The van der Waals surface area contributed by atoms with Crippen molar-refractivity contribution in [3.8, 4) is 0 Å². The summed E-state index contributed by atoms with van der Waals surface area (Å²) in [4.78, 5) is 28.8. The third-order valence-electron chi connectivity index (χ3n) is 2.10. The summed E-state index contributed by atoms with van der Waals surface area (Å²) >= 11 is 0. The predicted octanol–water partition coefficient (Wildman–Crippen LogP) is 4.77. The molecule has 0 unspecified atom stereocenters. The highest BCUT2D eigenvalue weighted by Gasteiger charge is 2.06. The summed E-state index contributed by atoms with van der Waals surface area (Å²) in [6, 6.07) is 0. The van der Waals surface area contributed by atoms with Gasteiger partial charge >= 0.3 is 17.9 Å². The first kappa shape index (κ1) is 30.5. The first-order valence-electron chi connectivity index (χ1n) is 7.65. The standard InChI is InChI=1S/C7H16.3C4H6O2/c1-5-6-7(2,3)4;3*1-3(2)4(5)6/h5-6H2,1-4H3;3*1H2,2H3,(H,5,6). The van der Waals surface area contributed by atoms with Crippen molar-refractivity contribution in [2.75, 3.05) is 0 Å². The fraction of sp³-hybridized carbons (Fsp3) is 0.526. The lowest BCUT2D eigenvalue weighted by molar-refractivity contribution is -0.133. The van der Waals surface area contributed by atoms with Gasteiger partial charge < -0.3 is 15.3 Å². The molecule has 0 bridgehead atoms. The van der Waals surface area contributed by atoms with E-state index in [0.717, 1.165) is 0 Å². The monoisotopic (exact) mass is 358 g/mol. The topological polar surface area (TPSA) is 112 Å². The predicted molar refractivity (Wildman–Crippen MR) is 102 cm³/mol. The number of hydrogen-bond acceptors (Lipinski definition) is 3. The van der Waals surface area contributed by atoms with E-state index in [9.17, 15) is 14.4 Å². The SMILES string of the molecule is C=C(C)C(=O)O.C=C(C)C(=O)O.C=C(C)C(=O)O.CCCC(C)(C)C. The van der Waals surface area contributed by atoms with E-state index in [-0.39, 0.29) is 16.7 Å². The van der Waals surface area contributed by atoms with Gasteiger partial charge in [0.1, 0.15) is 0 Å². The second-order valence-electron chi connectivity index (χ2n) is 6.57. The molecule has 0 aromatic carbocycles. The van der Waals surface area contributed by atoms with E-state index in [0.29, 0.717) is 5.41 Å². The number of hydrogen-bond donors (Lipinski definition) is 3. The van der Waals surface area contributed by atoms with Gasteiger partial charge in [0.05, 0.1) is 0 Å². The van der Waals surface area contributed by atoms with Gasteiger partial charge in [-0.1, -0.05) is 53.9 Å². The highest BCUT2D eigenvalue weighted by molar-refractivity contribution is 5.85. The maximum atomic E-state index is 9.60. The molecule has 0 amide bonds. The Labute approximate surface area is 151 Å². The van der Waals surface area contributed by atoms with Gasteiger partial charge in [-0.15, -0.1) is 0 Å². The number of aliphatic carboxylic acids is 3. The third-order valence-corrected chi connectivity index (χ3v) is 2.10. The Bertz CT molecular complexity index is 374. The average molecular weight is 358 g/mol. The van der Waals surface area contributed by atoms with Gasteiger partial charge in [0, 0.05) is 16.7 Å². The Morgan fingerprint density at radius 2 is 0.880 bits per heavy atom. The fourth-order valence-electron chi connectivity index (χ4n) is 0.750. The van der Waals surface area contributed by atoms with Gasteiger partial charge in [0.15, 0.2) is 0 Å². The Hall–Kier alpha value is -2.37. The first-order chi connectivity index (χ1) is 11.0. The van der Waals surface area contributed by atoms with Crippen molar-refractivity contribution >= 4 is 17.9 Å². The summed E-state index contributed by atoms with van der Waals surface area (Å²) in [5, 5.41) is 23.7. The summed E-state index contributed by atoms with van der Waals surface area (Å²) in [5.74, 6) is -2.81. The molecule has 0 saturated heterocycles. The molecule has 6 heteroatoms. The van der Waals surface area contributed by atoms with Gasteiger partial charge in [0.25, 0.3) is 0 Å². The van der Waals surface area contributed by atoms with Crippen LogP contribution < -0.4 is 0 Å². The van der Waals surface area contributed by atoms with E-state index in [2.05, 4.69) is 47.4 Å². The molecule has 25 heavy (non-hydrogen) atoms. The van der Waals surface area contributed by atoms with Crippen LogP contribution in [0.5, 0.6) is 0 Å². The summed E-state index contributed by atoms with van der Waals surface area (Å²) < 4.78 is 0. The normalized spacial score (nSPS) is 8.76. The molecule has 0 spiro atoms. The molecule has 0 saturated carbocycles. The van der Waals surface area contributed by atoms with Gasteiger partial charge in [0.2, 0.25) is 0 Å². The molecule has 0 aromatic rings. The van der Waals surface area contributed by atoms with Crippen LogP contribution in [0.15, 0.2) is 36.5 Å². The second kappa shape index (κ2) is 16.5. The maximum absolute atomic E-state index is 9.60. The van der Waals surface area contributed by atoms with Crippen molar-refractivity contribution in [3.05, 3.63) is 36.5 Å². The lowest BCUT2D eigenvalue weighted by atomic mass is 9.91. The number of carboxylic acids is 3. The van der Waals surface area contributed by atoms with Crippen molar-refractivity contribution in [2.24, 2.45) is 5.41 Å². The minimum Gasteiger partial charge on any atom is -0.478 e. The lowest BCUT2D eigenvalue weighted by Gasteiger charge is -2.15. The molecule has 0 fully saturated rings. The molecule has 0 aliphatic heterocycles. The molecule has 0 atom stereocenters. The number of carboxylic acid groups (broad SMARTS) is 3. The molecule has 0 aliphatic rings. The van der Waals surface area contributed by atoms with Gasteiger partial charge in [-0.3, -0.25) is 0 Å². The molecule has 0 aromatic heterocycles. The fourth-order valence-corrected chi connectivity index (χ4v) is 0.750. The summed E-state index contributed by atoms with van der Waals surface area (Å²) in [5.41, 5.74) is 1.08. The zero-order chi connectivity index (χ0) is 21.4. The van der Waals surface area contributed by atoms with E-state index >= 15 is 0 Å². The summed E-state index contributed by atoms with van der Waals surface area (Å²) in [6.45, 7) is 22.9. The van der Waals surface area contributed by atoms with Crippen LogP contribution in [0.1, 0.15) is 61.3 Å². The van der Waals surface area contributed by atoms with Crippen molar-refractivity contribution in [2.45, 2.75) is 61.3 Å². The van der Waals surface area contributed by atoms with Crippen LogP contribution in [0, 0.1) is 5.41 Å². The molecule has 0 heterocycles. The number of rotatable bonds is 4. The highest BCUT2D eigenvalue weighted by Crippen LogP contribution is 2.19. The highest BCUT2D eigenvalue weighted by atomic mass is 16.4. The maximum Gasteiger partial charge on any atom is 0.330 e. The van der Waals surface area contributed by atoms with Crippen LogP contribution in [0.2, 0.25) is 0 Å². The van der Waals surface area contributed by atoms with E-state index in [1.54, 1.807) is 0 Å². The Kier molecular flexibility index (Phi) is 20.1. The minimum absolute atomic E-state index is 0.176. The van der Waals surface area contributed by atoms with Crippen molar-refractivity contribution < 1.29 is 29.7 Å². The van der Waals surface area contributed by atoms with Crippen LogP contribution in [0.4, 0.5) is 0 Å². The molecule has 6 nitrogen and oxygen atoms in total. The minimum atomic E-state index is -0.935. The van der Waals surface area contributed by atoms with Crippen LogP contribution in [0.25, 0.3) is 0 Å². The quantitative estimate of drug-likeness (QED) is 0.624. The molecule has 3 N–H and O–H groups in total. The van der Waals surface area contributed by atoms with Crippen molar-refractivity contribution in [1.82, 2.24) is 0 Å². The second-order valence-corrected chi connectivity index (χ2v) is 6.57. The number of carbonyl (C=O) groups is 3. The van der Waals surface area contributed by atoms with Gasteiger partial charge in [-0.05, 0) is 32.6 Å². The van der Waals surface area contributed by atoms with Crippen LogP contribution in [0.3, 0.4) is 0 Å². The Morgan fingerprint density at radius 3 is 0.880 bits per heavy atom. The van der Waals surface area contributed by atoms with Crippen LogP contribution in [-0.2, 0) is 14.4 Å². The van der Waals surface area contributed by atoms with Crippen LogP contribution in [-0.4, -0.2) is 33.2 Å². The first-order valence-corrected chi connectivity index (χ1v) is 7.65. The molecule has 0 rings (SSSR count). The van der Waals surface area contributed by atoms with E-state index in [1.807, 2.05) is 0 Å². The van der Waals surface area contributed by atoms with Crippen molar-refractivity contribution in [1.29, 1.82) is 0 Å². The Morgan fingerprint density at radius 1 is 0.720 bits per heavy atom. The molecule has 0 radical (unpaired) electrons. The van der Waals surface area contributed by atoms with Crippen LogP contribution >= 0.6 is 0 Å². The van der Waals surface area contributed by atoms with Crippen molar-refractivity contribution in [3.63, 3.8) is 0 Å². The van der Waals surface area contributed by atoms with Gasteiger partial charge in [-0.2, -0.15) is 0 Å². The molecule has 146 valence electrons. The summed E-state index contributed by atoms with van der Waals surface area (Å²) in [6.07, 6.45) is 2.65. The Balaban J connectivity index is -0.000000118. The zero-order valence-electron chi connectivity index (χ0n) is 16.6. The van der Waals surface area contributed by atoms with E-state index in [4.69, 9.17) is 15.3 Å². The van der Waals surface area contributed by atoms with E-state index in [1.165, 1.54) is 33.6 Å². The smallest absolute Gasteiger partial charge is 0.330 e.